The number of benzene rings is 1. The monoisotopic (exact) mass is 199 g/mol. The van der Waals surface area contributed by atoms with Gasteiger partial charge >= 0.3 is 0 Å². The number of fused-ring (bicyclic) bond motifs is 3. The van der Waals surface area contributed by atoms with E-state index in [1.165, 1.54) is 0 Å². The second kappa shape index (κ2) is 2.91. The number of aryl methyl sites for hydroxylation is 1. The highest BCUT2D eigenvalue weighted by atomic mass is 15.4. The summed E-state index contributed by atoms with van der Waals surface area (Å²) in [4.78, 5) is 0. The van der Waals surface area contributed by atoms with Gasteiger partial charge in [0.25, 0.3) is 0 Å². The SMILES string of the molecule is Cc1nnc2n1-c1ccccc1C=NN2. The zero-order valence-corrected chi connectivity index (χ0v) is 8.18. The number of aromatic nitrogens is 3. The average molecular weight is 199 g/mol. The van der Waals surface area contributed by atoms with E-state index in [1.807, 2.05) is 35.8 Å². The van der Waals surface area contributed by atoms with Crippen LogP contribution in [0.2, 0.25) is 0 Å². The molecule has 74 valence electrons. The molecule has 0 amide bonds. The molecule has 5 nitrogen and oxygen atoms in total. The Labute approximate surface area is 86.5 Å². The Hall–Kier alpha value is -2.17. The van der Waals surface area contributed by atoms with Crippen molar-refractivity contribution in [1.29, 1.82) is 0 Å². The molecule has 5 heteroatoms. The van der Waals surface area contributed by atoms with Crippen molar-refractivity contribution in [2.24, 2.45) is 5.10 Å². The highest BCUT2D eigenvalue weighted by Gasteiger charge is 2.14. The average Bonchev–Trinajstić information content (AvgIpc) is 2.52. The van der Waals surface area contributed by atoms with Crippen molar-refractivity contribution in [2.45, 2.75) is 6.92 Å². The molecule has 0 atom stereocenters. The summed E-state index contributed by atoms with van der Waals surface area (Å²) in [5.74, 6) is 1.49. The molecule has 1 aromatic carbocycles. The van der Waals surface area contributed by atoms with E-state index in [-0.39, 0.29) is 0 Å². The van der Waals surface area contributed by atoms with E-state index >= 15 is 0 Å². The van der Waals surface area contributed by atoms with Gasteiger partial charge in [-0.1, -0.05) is 18.2 Å². The molecular formula is C10H9N5. The second-order valence-electron chi connectivity index (χ2n) is 3.34. The zero-order valence-electron chi connectivity index (χ0n) is 8.18. The lowest BCUT2D eigenvalue weighted by Gasteiger charge is -2.07. The summed E-state index contributed by atoms with van der Waals surface area (Å²) >= 11 is 0. The fraction of sp³-hybridized carbons (Fsp3) is 0.100. The lowest BCUT2D eigenvalue weighted by molar-refractivity contribution is 0.970. The lowest BCUT2D eigenvalue weighted by Crippen LogP contribution is -2.01. The molecule has 0 radical (unpaired) electrons. The van der Waals surface area contributed by atoms with E-state index in [9.17, 15) is 0 Å². The van der Waals surface area contributed by atoms with Crippen molar-refractivity contribution in [3.05, 3.63) is 35.7 Å². The lowest BCUT2D eigenvalue weighted by atomic mass is 10.2. The second-order valence-corrected chi connectivity index (χ2v) is 3.34. The Morgan fingerprint density at radius 2 is 2.07 bits per heavy atom. The summed E-state index contributed by atoms with van der Waals surface area (Å²) in [5, 5.41) is 12.1. The van der Waals surface area contributed by atoms with Gasteiger partial charge in [-0.25, -0.2) is 5.43 Å². The van der Waals surface area contributed by atoms with Crippen LogP contribution >= 0.6 is 0 Å². The smallest absolute Gasteiger partial charge is 0.249 e. The van der Waals surface area contributed by atoms with Crippen LogP contribution in [0, 0.1) is 6.92 Å². The van der Waals surface area contributed by atoms with Gasteiger partial charge in [0.1, 0.15) is 5.82 Å². The summed E-state index contributed by atoms with van der Waals surface area (Å²) < 4.78 is 1.95. The third-order valence-electron chi connectivity index (χ3n) is 2.37. The van der Waals surface area contributed by atoms with E-state index in [4.69, 9.17) is 0 Å². The molecule has 2 aromatic rings. The third kappa shape index (κ3) is 1.13. The van der Waals surface area contributed by atoms with Gasteiger partial charge in [-0.3, -0.25) is 4.57 Å². The maximum Gasteiger partial charge on any atom is 0.249 e. The Balaban J connectivity index is 2.36. The van der Waals surface area contributed by atoms with Crippen molar-refractivity contribution in [3.63, 3.8) is 0 Å². The van der Waals surface area contributed by atoms with Crippen LogP contribution in [0.1, 0.15) is 11.4 Å². The van der Waals surface area contributed by atoms with E-state index in [1.54, 1.807) is 6.21 Å². The molecule has 0 saturated carbocycles. The highest BCUT2D eigenvalue weighted by Crippen LogP contribution is 2.21. The molecule has 1 N–H and O–H groups in total. The zero-order chi connectivity index (χ0) is 10.3. The van der Waals surface area contributed by atoms with Gasteiger partial charge in [-0.2, -0.15) is 5.10 Å². The Morgan fingerprint density at radius 3 is 3.00 bits per heavy atom. The minimum Gasteiger partial charge on any atom is -0.264 e. The van der Waals surface area contributed by atoms with Crippen LogP contribution in [-0.2, 0) is 0 Å². The first-order chi connectivity index (χ1) is 7.36. The molecule has 1 aliphatic heterocycles. The van der Waals surface area contributed by atoms with Crippen LogP contribution in [0.25, 0.3) is 5.69 Å². The number of hydrogen-bond donors (Lipinski definition) is 1. The van der Waals surface area contributed by atoms with E-state index < -0.39 is 0 Å². The number of hydrogen-bond acceptors (Lipinski definition) is 4. The predicted octanol–water partition coefficient (Wildman–Crippen LogP) is 1.34. The third-order valence-corrected chi connectivity index (χ3v) is 2.37. The molecule has 15 heavy (non-hydrogen) atoms. The fourth-order valence-electron chi connectivity index (χ4n) is 1.68. The van der Waals surface area contributed by atoms with E-state index in [0.29, 0.717) is 5.95 Å². The van der Waals surface area contributed by atoms with Crippen LogP contribution in [0.5, 0.6) is 0 Å². The van der Waals surface area contributed by atoms with Crippen LogP contribution in [-0.4, -0.2) is 21.0 Å². The first-order valence-corrected chi connectivity index (χ1v) is 4.67. The van der Waals surface area contributed by atoms with Gasteiger partial charge < -0.3 is 0 Å². The fourth-order valence-corrected chi connectivity index (χ4v) is 1.68. The van der Waals surface area contributed by atoms with Gasteiger partial charge in [0, 0.05) is 5.56 Å². The van der Waals surface area contributed by atoms with Gasteiger partial charge in [-0.15, -0.1) is 10.2 Å². The first-order valence-electron chi connectivity index (χ1n) is 4.67. The molecule has 1 aliphatic rings. The minimum absolute atomic E-state index is 0.647. The topological polar surface area (TPSA) is 55.1 Å². The molecule has 0 unspecified atom stereocenters. The van der Waals surface area contributed by atoms with Crippen LogP contribution in [0.15, 0.2) is 29.4 Å². The molecule has 1 aromatic heterocycles. The molecule has 0 fully saturated rings. The predicted molar refractivity (Wildman–Crippen MR) is 57.3 cm³/mol. The van der Waals surface area contributed by atoms with Crippen molar-refractivity contribution >= 4 is 12.2 Å². The summed E-state index contributed by atoms with van der Waals surface area (Å²) in [6, 6.07) is 8.00. The largest absolute Gasteiger partial charge is 0.264 e. The maximum atomic E-state index is 4.07. The minimum atomic E-state index is 0.647. The van der Waals surface area contributed by atoms with Gasteiger partial charge in [0.15, 0.2) is 0 Å². The number of para-hydroxylation sites is 1. The van der Waals surface area contributed by atoms with Crippen molar-refractivity contribution < 1.29 is 0 Å². The summed E-state index contributed by atoms with van der Waals surface area (Å²) in [7, 11) is 0. The van der Waals surface area contributed by atoms with Gasteiger partial charge in [0.05, 0.1) is 11.9 Å². The van der Waals surface area contributed by atoms with Gasteiger partial charge in [0.2, 0.25) is 5.95 Å². The van der Waals surface area contributed by atoms with Gasteiger partial charge in [-0.05, 0) is 13.0 Å². The molecule has 0 bridgehead atoms. The number of rotatable bonds is 0. The van der Waals surface area contributed by atoms with E-state index in [0.717, 1.165) is 17.1 Å². The van der Waals surface area contributed by atoms with Crippen LogP contribution in [0.4, 0.5) is 5.95 Å². The highest BCUT2D eigenvalue weighted by molar-refractivity contribution is 5.86. The molecular weight excluding hydrogens is 190 g/mol. The van der Waals surface area contributed by atoms with Crippen molar-refractivity contribution in [2.75, 3.05) is 5.43 Å². The Kier molecular flexibility index (Phi) is 1.58. The summed E-state index contributed by atoms with van der Waals surface area (Å²) in [6.07, 6.45) is 1.78. The van der Waals surface area contributed by atoms with Crippen molar-refractivity contribution in [1.82, 2.24) is 14.8 Å². The maximum absolute atomic E-state index is 4.07. The number of nitrogens with one attached hydrogen (secondary N) is 1. The molecule has 0 spiro atoms. The Morgan fingerprint density at radius 1 is 1.20 bits per heavy atom. The summed E-state index contributed by atoms with van der Waals surface area (Å²) in [5.41, 5.74) is 4.94. The van der Waals surface area contributed by atoms with Crippen LogP contribution < -0.4 is 5.43 Å². The Bertz CT molecular complexity index is 540. The number of nitrogens with zero attached hydrogens (tertiary/aromatic N) is 4. The number of hydrazone groups is 1. The molecule has 2 heterocycles. The molecule has 0 aliphatic carbocycles. The van der Waals surface area contributed by atoms with E-state index in [2.05, 4.69) is 20.7 Å². The van der Waals surface area contributed by atoms with Crippen molar-refractivity contribution in [3.8, 4) is 5.69 Å². The quantitative estimate of drug-likeness (QED) is 0.696. The standard InChI is InChI=1S/C10H9N5/c1-7-12-14-10-13-11-6-8-4-2-3-5-9(8)15(7)10/h2-6H,1H3,(H,13,14). The first kappa shape index (κ1) is 8.16. The van der Waals surface area contributed by atoms with Crippen LogP contribution in [0.3, 0.4) is 0 Å². The molecule has 0 saturated heterocycles. The number of anilines is 1. The normalized spacial score (nSPS) is 12.6. The summed E-state index contributed by atoms with van der Waals surface area (Å²) in [6.45, 7) is 1.92. The molecule has 3 rings (SSSR count).